The predicted molar refractivity (Wildman–Crippen MR) is 30.7 cm³/mol. The fraction of sp³-hybridized carbons (Fsp3) is 0.833. The van der Waals surface area contributed by atoms with Gasteiger partial charge >= 0.3 is 5.97 Å². The highest BCUT2D eigenvalue weighted by Crippen LogP contribution is 2.35. The molecule has 0 amide bonds. The summed E-state index contributed by atoms with van der Waals surface area (Å²) in [5.41, 5.74) is -0.995. The van der Waals surface area contributed by atoms with Crippen molar-refractivity contribution in [2.75, 3.05) is 13.2 Å². The number of carbonyl (C=O) groups is 1. The summed E-state index contributed by atoms with van der Waals surface area (Å²) in [6.07, 6.45) is 0.540. The summed E-state index contributed by atoms with van der Waals surface area (Å²) in [4.78, 5) is 10.6. The third kappa shape index (κ3) is 0.602. The maximum absolute atomic E-state index is 10.6. The molecule has 56 valence electrons. The minimum absolute atomic E-state index is 0.0242. The summed E-state index contributed by atoms with van der Waals surface area (Å²) in [7, 11) is 0. The second-order valence-electron chi connectivity index (χ2n) is 2.75. The van der Waals surface area contributed by atoms with Crippen LogP contribution in [0.5, 0.6) is 0 Å². The second kappa shape index (κ2) is 1.71. The Bertz CT molecular complexity index is 169. The van der Waals surface area contributed by atoms with E-state index in [0.717, 1.165) is 0 Å². The average molecular weight is 144 g/mol. The number of aliphatic carboxylic acids is 1. The van der Waals surface area contributed by atoms with Crippen LogP contribution in [0.15, 0.2) is 0 Å². The van der Waals surface area contributed by atoms with Crippen LogP contribution < -0.4 is 0 Å². The Morgan fingerprint density at radius 3 is 2.70 bits per heavy atom. The zero-order valence-electron chi connectivity index (χ0n) is 5.37. The number of fused-ring (bicyclic) bond motifs is 2. The van der Waals surface area contributed by atoms with Crippen molar-refractivity contribution in [3.05, 3.63) is 0 Å². The summed E-state index contributed by atoms with van der Waals surface area (Å²) in [5, 5.41) is 8.69. The molecule has 0 radical (unpaired) electrons. The van der Waals surface area contributed by atoms with Crippen LogP contribution in [-0.2, 0) is 14.3 Å². The average Bonchev–Trinajstić information content (AvgIpc) is 2.45. The molecule has 2 saturated heterocycles. The molecule has 0 aromatic rings. The molecule has 2 aliphatic rings. The first-order chi connectivity index (χ1) is 4.73. The first-order valence-electron chi connectivity index (χ1n) is 3.22. The van der Waals surface area contributed by atoms with Gasteiger partial charge in [0.05, 0.1) is 19.3 Å². The van der Waals surface area contributed by atoms with E-state index >= 15 is 0 Å². The molecule has 2 heterocycles. The summed E-state index contributed by atoms with van der Waals surface area (Å²) >= 11 is 0. The predicted octanol–water partition coefficient (Wildman–Crippen LogP) is -0.371. The van der Waals surface area contributed by atoms with E-state index in [1.165, 1.54) is 0 Å². The van der Waals surface area contributed by atoms with E-state index in [1.807, 2.05) is 0 Å². The summed E-state index contributed by atoms with van der Waals surface area (Å²) < 4.78 is 10.2. The Balaban J connectivity index is 2.23. The molecule has 4 heteroatoms. The van der Waals surface area contributed by atoms with Crippen LogP contribution in [0.3, 0.4) is 0 Å². The molecule has 1 N–H and O–H groups in total. The zero-order chi connectivity index (χ0) is 7.19. The molecule has 0 aliphatic carbocycles. The van der Waals surface area contributed by atoms with Gasteiger partial charge in [-0.1, -0.05) is 0 Å². The number of ether oxygens (including phenoxy) is 2. The quantitative estimate of drug-likeness (QED) is 0.545. The fourth-order valence-electron chi connectivity index (χ4n) is 1.41. The highest BCUT2D eigenvalue weighted by atomic mass is 16.6. The van der Waals surface area contributed by atoms with Gasteiger partial charge in [0.15, 0.2) is 5.60 Å². The smallest absolute Gasteiger partial charge is 0.338 e. The van der Waals surface area contributed by atoms with Gasteiger partial charge in [0.1, 0.15) is 0 Å². The Hall–Kier alpha value is -0.610. The van der Waals surface area contributed by atoms with Crippen molar-refractivity contribution in [1.29, 1.82) is 0 Å². The standard InChI is InChI=1S/C6H8O4/c7-5(8)6-1-4(2-10-6)9-3-6/h4H,1-3H2,(H,7,8). The van der Waals surface area contributed by atoms with Crippen LogP contribution in [0.2, 0.25) is 0 Å². The van der Waals surface area contributed by atoms with Crippen LogP contribution in [0.1, 0.15) is 6.42 Å². The third-order valence-corrected chi connectivity index (χ3v) is 2.04. The van der Waals surface area contributed by atoms with E-state index < -0.39 is 11.6 Å². The van der Waals surface area contributed by atoms with E-state index in [0.29, 0.717) is 13.0 Å². The van der Waals surface area contributed by atoms with Crippen molar-refractivity contribution >= 4 is 5.97 Å². The van der Waals surface area contributed by atoms with E-state index in [4.69, 9.17) is 14.6 Å². The molecule has 0 aromatic carbocycles. The molecule has 2 unspecified atom stereocenters. The van der Waals surface area contributed by atoms with Gasteiger partial charge < -0.3 is 14.6 Å². The molecular weight excluding hydrogens is 136 g/mol. The number of rotatable bonds is 1. The lowest BCUT2D eigenvalue weighted by molar-refractivity contribution is -0.169. The second-order valence-corrected chi connectivity index (χ2v) is 2.75. The Labute approximate surface area is 57.7 Å². The third-order valence-electron chi connectivity index (χ3n) is 2.04. The number of carboxylic acids is 1. The largest absolute Gasteiger partial charge is 0.479 e. The molecule has 2 atom stereocenters. The van der Waals surface area contributed by atoms with Gasteiger partial charge in [-0.05, 0) is 0 Å². The molecule has 2 bridgehead atoms. The van der Waals surface area contributed by atoms with Gasteiger partial charge in [-0.3, -0.25) is 0 Å². The van der Waals surface area contributed by atoms with Crippen LogP contribution in [0, 0.1) is 0 Å². The number of hydrogen-bond acceptors (Lipinski definition) is 3. The number of carboxylic acid groups (broad SMARTS) is 1. The molecule has 0 aromatic heterocycles. The fourth-order valence-corrected chi connectivity index (χ4v) is 1.41. The van der Waals surface area contributed by atoms with Crippen molar-refractivity contribution in [1.82, 2.24) is 0 Å². The van der Waals surface area contributed by atoms with Crippen molar-refractivity contribution in [3.8, 4) is 0 Å². The van der Waals surface area contributed by atoms with E-state index in [2.05, 4.69) is 0 Å². The van der Waals surface area contributed by atoms with Crippen molar-refractivity contribution in [2.45, 2.75) is 18.1 Å². The van der Waals surface area contributed by atoms with E-state index in [1.54, 1.807) is 0 Å². The SMILES string of the molecule is O=C(O)C12COC(CO1)C2. The minimum Gasteiger partial charge on any atom is -0.479 e. The molecule has 10 heavy (non-hydrogen) atoms. The zero-order valence-corrected chi connectivity index (χ0v) is 5.37. The Kier molecular flexibility index (Phi) is 1.04. The molecule has 0 saturated carbocycles. The molecule has 2 fully saturated rings. The summed E-state index contributed by atoms with van der Waals surface area (Å²) in [6.45, 7) is 0.652. The lowest BCUT2D eigenvalue weighted by atomic mass is 10.0. The first kappa shape index (κ1) is 6.12. The molecule has 2 aliphatic heterocycles. The molecular formula is C6H8O4. The summed E-state index contributed by atoms with van der Waals surface area (Å²) in [6, 6.07) is 0. The van der Waals surface area contributed by atoms with Gasteiger partial charge in [-0.15, -0.1) is 0 Å². The van der Waals surface area contributed by atoms with Crippen LogP contribution in [0.25, 0.3) is 0 Å². The molecule has 0 spiro atoms. The van der Waals surface area contributed by atoms with Crippen molar-refractivity contribution in [2.24, 2.45) is 0 Å². The number of hydrogen-bond donors (Lipinski definition) is 1. The molecule has 4 nitrogen and oxygen atoms in total. The minimum atomic E-state index is -0.995. The lowest BCUT2D eigenvalue weighted by Gasteiger charge is -2.20. The highest BCUT2D eigenvalue weighted by molar-refractivity contribution is 5.78. The maximum Gasteiger partial charge on any atom is 0.338 e. The van der Waals surface area contributed by atoms with Crippen molar-refractivity contribution in [3.63, 3.8) is 0 Å². The Morgan fingerprint density at radius 2 is 2.50 bits per heavy atom. The van der Waals surface area contributed by atoms with Gasteiger partial charge in [0.2, 0.25) is 0 Å². The monoisotopic (exact) mass is 144 g/mol. The topological polar surface area (TPSA) is 55.8 Å². The van der Waals surface area contributed by atoms with Gasteiger partial charge in [0.25, 0.3) is 0 Å². The maximum atomic E-state index is 10.6. The lowest BCUT2D eigenvalue weighted by Crippen LogP contribution is -2.40. The van der Waals surface area contributed by atoms with Gasteiger partial charge in [-0.25, -0.2) is 4.79 Å². The van der Waals surface area contributed by atoms with Crippen LogP contribution in [0.4, 0.5) is 0 Å². The van der Waals surface area contributed by atoms with Crippen LogP contribution >= 0.6 is 0 Å². The van der Waals surface area contributed by atoms with E-state index in [9.17, 15) is 4.79 Å². The van der Waals surface area contributed by atoms with E-state index in [-0.39, 0.29) is 12.7 Å². The van der Waals surface area contributed by atoms with Crippen LogP contribution in [-0.4, -0.2) is 36.0 Å². The first-order valence-corrected chi connectivity index (χ1v) is 3.22. The Morgan fingerprint density at radius 1 is 1.70 bits per heavy atom. The summed E-state index contributed by atoms with van der Waals surface area (Å²) in [5.74, 6) is -0.896. The van der Waals surface area contributed by atoms with Gasteiger partial charge in [-0.2, -0.15) is 0 Å². The molecule has 2 rings (SSSR count). The highest BCUT2D eigenvalue weighted by Gasteiger charge is 2.53. The normalized spacial score (nSPS) is 44.2. The van der Waals surface area contributed by atoms with Crippen molar-refractivity contribution < 1.29 is 19.4 Å². The van der Waals surface area contributed by atoms with Gasteiger partial charge in [0, 0.05) is 6.42 Å².